The maximum Gasteiger partial charge on any atom is 0.255 e. The third-order valence-corrected chi connectivity index (χ3v) is 5.86. The standard InChI is InChI=1S/C22H27N5O3/c1-16-2-6-23-20(10-16)30-15-18-11-21(28)27(14-18)13-17-4-8-26(9-5-17)22(29)19-3-7-24-25-12-19/h2-3,6-7,10,12,17-18H,4-5,8-9,11,13-15H2,1H3. The predicted octanol–water partition coefficient (Wildman–Crippen LogP) is 1.96. The van der Waals surface area contributed by atoms with Crippen molar-refractivity contribution in [3.05, 3.63) is 47.9 Å². The van der Waals surface area contributed by atoms with E-state index in [1.54, 1.807) is 12.3 Å². The van der Waals surface area contributed by atoms with Crippen LogP contribution in [0.1, 0.15) is 35.2 Å². The minimum Gasteiger partial charge on any atom is -0.477 e. The molecule has 2 aromatic heterocycles. The molecule has 2 saturated heterocycles. The fraction of sp³-hybridized carbons (Fsp3) is 0.500. The Bertz CT molecular complexity index is 883. The van der Waals surface area contributed by atoms with E-state index in [0.29, 0.717) is 43.5 Å². The van der Waals surface area contributed by atoms with E-state index < -0.39 is 0 Å². The van der Waals surface area contributed by atoms with Crippen molar-refractivity contribution >= 4 is 11.8 Å². The minimum absolute atomic E-state index is 0.00238. The van der Waals surface area contributed by atoms with Crippen LogP contribution in [0, 0.1) is 18.8 Å². The molecular formula is C22H27N5O3. The highest BCUT2D eigenvalue weighted by Gasteiger charge is 2.33. The second kappa shape index (κ2) is 9.19. The summed E-state index contributed by atoms with van der Waals surface area (Å²) in [5.41, 5.74) is 1.68. The second-order valence-electron chi connectivity index (χ2n) is 8.22. The number of carbonyl (C=O) groups is 2. The average Bonchev–Trinajstić information content (AvgIpc) is 3.12. The number of hydrogen-bond donors (Lipinski definition) is 0. The predicted molar refractivity (Wildman–Crippen MR) is 110 cm³/mol. The molecular weight excluding hydrogens is 382 g/mol. The Morgan fingerprint density at radius 2 is 2.00 bits per heavy atom. The first-order chi connectivity index (χ1) is 14.6. The molecule has 0 aromatic carbocycles. The Balaban J connectivity index is 1.22. The molecule has 2 aromatic rings. The lowest BCUT2D eigenvalue weighted by Gasteiger charge is -2.34. The van der Waals surface area contributed by atoms with Crippen molar-refractivity contribution in [2.24, 2.45) is 11.8 Å². The zero-order chi connectivity index (χ0) is 20.9. The summed E-state index contributed by atoms with van der Waals surface area (Å²) in [6, 6.07) is 5.53. The zero-order valence-electron chi connectivity index (χ0n) is 17.2. The van der Waals surface area contributed by atoms with Gasteiger partial charge in [-0.2, -0.15) is 10.2 Å². The largest absolute Gasteiger partial charge is 0.477 e. The Labute approximate surface area is 176 Å². The number of likely N-dealkylation sites (tertiary alicyclic amines) is 2. The van der Waals surface area contributed by atoms with Gasteiger partial charge in [0.05, 0.1) is 24.6 Å². The van der Waals surface area contributed by atoms with Crippen molar-refractivity contribution in [1.82, 2.24) is 25.0 Å². The number of aryl methyl sites for hydroxylation is 1. The zero-order valence-corrected chi connectivity index (χ0v) is 17.2. The van der Waals surface area contributed by atoms with Crippen molar-refractivity contribution < 1.29 is 14.3 Å². The molecule has 0 saturated carbocycles. The van der Waals surface area contributed by atoms with Crippen LogP contribution >= 0.6 is 0 Å². The van der Waals surface area contributed by atoms with Crippen molar-refractivity contribution in [3.8, 4) is 5.88 Å². The van der Waals surface area contributed by atoms with Gasteiger partial charge in [-0.05, 0) is 43.4 Å². The summed E-state index contributed by atoms with van der Waals surface area (Å²) >= 11 is 0. The van der Waals surface area contributed by atoms with Crippen LogP contribution in [0.3, 0.4) is 0 Å². The van der Waals surface area contributed by atoms with E-state index in [1.807, 2.05) is 28.9 Å². The summed E-state index contributed by atoms with van der Waals surface area (Å²) in [6.45, 7) is 5.41. The lowest BCUT2D eigenvalue weighted by molar-refractivity contribution is -0.128. The lowest BCUT2D eigenvalue weighted by Crippen LogP contribution is -2.42. The smallest absolute Gasteiger partial charge is 0.255 e. The van der Waals surface area contributed by atoms with Crippen molar-refractivity contribution in [3.63, 3.8) is 0 Å². The van der Waals surface area contributed by atoms with Crippen LogP contribution in [0.25, 0.3) is 0 Å². The van der Waals surface area contributed by atoms with Crippen LogP contribution in [0.4, 0.5) is 0 Å². The highest BCUT2D eigenvalue weighted by molar-refractivity contribution is 5.93. The van der Waals surface area contributed by atoms with Gasteiger partial charge < -0.3 is 14.5 Å². The van der Waals surface area contributed by atoms with Gasteiger partial charge in [-0.15, -0.1) is 0 Å². The van der Waals surface area contributed by atoms with E-state index in [1.165, 1.54) is 12.4 Å². The molecule has 2 aliphatic heterocycles. The average molecular weight is 409 g/mol. The molecule has 0 N–H and O–H groups in total. The van der Waals surface area contributed by atoms with Crippen LogP contribution in [0.15, 0.2) is 36.8 Å². The molecule has 158 valence electrons. The SMILES string of the molecule is Cc1ccnc(OCC2CC(=O)N(CC3CCN(C(=O)c4ccnnc4)CC3)C2)c1. The maximum absolute atomic E-state index is 12.5. The molecule has 0 bridgehead atoms. The van der Waals surface area contributed by atoms with Crippen LogP contribution in [0.2, 0.25) is 0 Å². The Morgan fingerprint density at radius 1 is 1.17 bits per heavy atom. The molecule has 4 rings (SSSR count). The van der Waals surface area contributed by atoms with Crippen LogP contribution < -0.4 is 4.74 Å². The summed E-state index contributed by atoms with van der Waals surface area (Å²) in [6.07, 6.45) is 7.11. The maximum atomic E-state index is 12.5. The van der Waals surface area contributed by atoms with Gasteiger partial charge in [0.2, 0.25) is 11.8 Å². The molecule has 2 aliphatic rings. The van der Waals surface area contributed by atoms with Gasteiger partial charge in [-0.25, -0.2) is 4.98 Å². The van der Waals surface area contributed by atoms with Crippen LogP contribution in [-0.2, 0) is 4.79 Å². The molecule has 0 radical (unpaired) electrons. The summed E-state index contributed by atoms with van der Waals surface area (Å²) in [5, 5.41) is 7.50. The number of aromatic nitrogens is 3. The minimum atomic E-state index is 0.00238. The topological polar surface area (TPSA) is 88.5 Å². The highest BCUT2D eigenvalue weighted by Crippen LogP contribution is 2.25. The van der Waals surface area contributed by atoms with E-state index in [2.05, 4.69) is 15.2 Å². The third-order valence-electron chi connectivity index (χ3n) is 5.86. The van der Waals surface area contributed by atoms with Gasteiger partial charge in [0.1, 0.15) is 0 Å². The number of hydrogen-bond acceptors (Lipinski definition) is 6. The summed E-state index contributed by atoms with van der Waals surface area (Å²) in [4.78, 5) is 33.0. The molecule has 2 fully saturated rings. The summed E-state index contributed by atoms with van der Waals surface area (Å²) in [7, 11) is 0. The number of amides is 2. The van der Waals surface area contributed by atoms with Gasteiger partial charge in [0.25, 0.3) is 5.91 Å². The van der Waals surface area contributed by atoms with E-state index in [4.69, 9.17) is 4.74 Å². The fourth-order valence-corrected chi connectivity index (χ4v) is 4.16. The Morgan fingerprint density at radius 3 is 2.73 bits per heavy atom. The Kier molecular flexibility index (Phi) is 6.21. The molecule has 8 heteroatoms. The number of nitrogens with zero attached hydrogens (tertiary/aromatic N) is 5. The first-order valence-corrected chi connectivity index (χ1v) is 10.5. The number of piperidine rings is 1. The first-order valence-electron chi connectivity index (χ1n) is 10.5. The molecule has 4 heterocycles. The van der Waals surface area contributed by atoms with E-state index in [-0.39, 0.29) is 17.7 Å². The number of carbonyl (C=O) groups excluding carboxylic acids is 2. The Hall–Kier alpha value is -3.03. The monoisotopic (exact) mass is 409 g/mol. The van der Waals surface area contributed by atoms with E-state index >= 15 is 0 Å². The van der Waals surface area contributed by atoms with Gasteiger partial charge >= 0.3 is 0 Å². The van der Waals surface area contributed by atoms with Gasteiger partial charge in [0, 0.05) is 50.8 Å². The summed E-state index contributed by atoms with van der Waals surface area (Å²) in [5.74, 6) is 1.43. The number of ether oxygens (including phenoxy) is 1. The molecule has 8 nitrogen and oxygen atoms in total. The van der Waals surface area contributed by atoms with Gasteiger partial charge in [-0.3, -0.25) is 9.59 Å². The van der Waals surface area contributed by atoms with Crippen molar-refractivity contribution in [1.29, 1.82) is 0 Å². The van der Waals surface area contributed by atoms with E-state index in [0.717, 1.165) is 31.5 Å². The molecule has 2 amide bonds. The quantitative estimate of drug-likeness (QED) is 0.725. The van der Waals surface area contributed by atoms with Crippen LogP contribution in [0.5, 0.6) is 5.88 Å². The van der Waals surface area contributed by atoms with Gasteiger partial charge in [-0.1, -0.05) is 0 Å². The highest BCUT2D eigenvalue weighted by atomic mass is 16.5. The molecule has 0 aliphatic carbocycles. The third kappa shape index (κ3) is 4.93. The first kappa shape index (κ1) is 20.3. The second-order valence-corrected chi connectivity index (χ2v) is 8.22. The lowest BCUT2D eigenvalue weighted by atomic mass is 9.96. The normalized spacial score (nSPS) is 19.9. The summed E-state index contributed by atoms with van der Waals surface area (Å²) < 4.78 is 5.80. The fourth-order valence-electron chi connectivity index (χ4n) is 4.16. The molecule has 0 spiro atoms. The van der Waals surface area contributed by atoms with Gasteiger partial charge in [0.15, 0.2) is 0 Å². The molecule has 30 heavy (non-hydrogen) atoms. The number of pyridine rings is 1. The molecule has 1 unspecified atom stereocenters. The molecule has 1 atom stereocenters. The van der Waals surface area contributed by atoms with Crippen LogP contribution in [-0.4, -0.2) is 69.6 Å². The van der Waals surface area contributed by atoms with E-state index in [9.17, 15) is 9.59 Å². The number of rotatable bonds is 6. The van der Waals surface area contributed by atoms with Crippen molar-refractivity contribution in [2.75, 3.05) is 32.8 Å². The van der Waals surface area contributed by atoms with Crippen molar-refractivity contribution in [2.45, 2.75) is 26.2 Å².